The fraction of sp³-hybridized carbons (Fsp3) is 0.360. The number of esters is 1. The third-order valence-corrected chi connectivity index (χ3v) is 5.49. The molecule has 0 aliphatic carbocycles. The number of fused-ring (bicyclic) bond motifs is 3. The van der Waals surface area contributed by atoms with Crippen molar-refractivity contribution in [2.45, 2.75) is 40.2 Å². The maximum absolute atomic E-state index is 13.0. The fourth-order valence-corrected chi connectivity index (χ4v) is 3.91. The van der Waals surface area contributed by atoms with Gasteiger partial charge < -0.3 is 14.8 Å². The molecule has 31 heavy (non-hydrogen) atoms. The van der Waals surface area contributed by atoms with Crippen molar-refractivity contribution >= 4 is 23.0 Å². The van der Waals surface area contributed by atoms with Gasteiger partial charge in [0, 0.05) is 5.70 Å². The molecule has 4 rings (SSSR count). The van der Waals surface area contributed by atoms with Crippen molar-refractivity contribution in [2.24, 2.45) is 5.92 Å². The molecule has 6 heteroatoms. The summed E-state index contributed by atoms with van der Waals surface area (Å²) in [6, 6.07) is 15.6. The highest BCUT2D eigenvalue weighted by atomic mass is 16.5. The van der Waals surface area contributed by atoms with Crippen LogP contribution in [0.5, 0.6) is 5.75 Å². The van der Waals surface area contributed by atoms with Crippen LogP contribution in [0.4, 0.5) is 5.95 Å². The van der Waals surface area contributed by atoms with Crippen molar-refractivity contribution in [1.29, 1.82) is 0 Å². The lowest BCUT2D eigenvalue weighted by molar-refractivity contribution is -0.139. The van der Waals surface area contributed by atoms with Crippen molar-refractivity contribution in [3.8, 4) is 5.75 Å². The molecule has 0 amide bonds. The quantitative estimate of drug-likeness (QED) is 0.526. The highest BCUT2D eigenvalue weighted by Gasteiger charge is 2.34. The van der Waals surface area contributed by atoms with Crippen molar-refractivity contribution in [1.82, 2.24) is 9.55 Å². The Bertz CT molecular complexity index is 1110. The van der Waals surface area contributed by atoms with Crippen molar-refractivity contribution in [3.63, 3.8) is 0 Å². The molecule has 0 saturated heterocycles. The van der Waals surface area contributed by atoms with Crippen LogP contribution < -0.4 is 10.1 Å². The van der Waals surface area contributed by atoms with Gasteiger partial charge >= 0.3 is 5.97 Å². The number of nitrogens with one attached hydrogen (secondary N) is 1. The Morgan fingerprint density at radius 1 is 1.16 bits per heavy atom. The number of imidazole rings is 1. The monoisotopic (exact) mass is 419 g/mol. The van der Waals surface area contributed by atoms with E-state index in [2.05, 4.69) is 23.7 Å². The summed E-state index contributed by atoms with van der Waals surface area (Å²) in [5.74, 6) is 1.82. The van der Waals surface area contributed by atoms with Gasteiger partial charge in [0.05, 0.1) is 35.9 Å². The number of ether oxygens (including phenoxy) is 2. The molecule has 0 radical (unpaired) electrons. The van der Waals surface area contributed by atoms with E-state index in [0.29, 0.717) is 30.7 Å². The average Bonchev–Trinajstić information content (AvgIpc) is 3.11. The molecule has 0 spiro atoms. The molecule has 1 aromatic heterocycles. The third kappa shape index (κ3) is 4.15. The zero-order valence-electron chi connectivity index (χ0n) is 18.5. The molecule has 0 saturated carbocycles. The summed E-state index contributed by atoms with van der Waals surface area (Å²) >= 11 is 0. The lowest BCUT2D eigenvalue weighted by atomic mass is 9.95. The predicted octanol–water partition coefficient (Wildman–Crippen LogP) is 5.31. The summed E-state index contributed by atoms with van der Waals surface area (Å²) in [7, 11) is 0. The van der Waals surface area contributed by atoms with Gasteiger partial charge in [-0.25, -0.2) is 9.78 Å². The summed E-state index contributed by atoms with van der Waals surface area (Å²) < 4.78 is 13.4. The summed E-state index contributed by atoms with van der Waals surface area (Å²) in [5.41, 5.74) is 4.15. The number of carbonyl (C=O) groups excluding carboxylic acids is 1. The predicted molar refractivity (Wildman–Crippen MR) is 122 cm³/mol. The first-order chi connectivity index (χ1) is 15.0. The second kappa shape index (κ2) is 8.84. The molecule has 0 fully saturated rings. The first kappa shape index (κ1) is 21.0. The molecule has 6 nitrogen and oxygen atoms in total. The Labute approximate surface area is 182 Å². The van der Waals surface area contributed by atoms with Gasteiger partial charge in [0.2, 0.25) is 5.95 Å². The van der Waals surface area contributed by atoms with Crippen molar-refractivity contribution in [2.75, 3.05) is 18.5 Å². The molecule has 3 aromatic rings. The standard InChI is InChI=1S/C25H29N3O3/c1-5-30-24(29)22-17(4)26-25-27-20-8-6-7-9-21(20)28(25)23(22)18-10-12-19(13-11-18)31-15-14-16(2)3/h6-13,16,23H,5,14-15H2,1-4H3,(H,26,27)/t23-/m0/s1. The van der Waals surface area contributed by atoms with E-state index in [1.807, 2.05) is 62.4 Å². The SMILES string of the molecule is CCOC(=O)C1=C(C)Nc2nc3ccccc3n2[C@H]1c1ccc(OCCC(C)C)cc1. The Balaban J connectivity index is 1.76. The molecular formula is C25H29N3O3. The number of anilines is 1. The van der Waals surface area contributed by atoms with Crippen LogP contribution in [0.25, 0.3) is 11.0 Å². The fourth-order valence-electron chi connectivity index (χ4n) is 3.91. The topological polar surface area (TPSA) is 65.4 Å². The summed E-state index contributed by atoms with van der Waals surface area (Å²) in [6.45, 7) is 9.09. The molecule has 1 aliphatic rings. The molecule has 2 aromatic carbocycles. The second-order valence-electron chi connectivity index (χ2n) is 8.18. The molecule has 1 N–H and O–H groups in total. The van der Waals surface area contributed by atoms with Crippen LogP contribution in [-0.2, 0) is 9.53 Å². The van der Waals surface area contributed by atoms with Crippen LogP contribution in [-0.4, -0.2) is 28.7 Å². The normalized spacial score (nSPS) is 15.7. The number of aromatic nitrogens is 2. The number of rotatable bonds is 7. The maximum Gasteiger partial charge on any atom is 0.338 e. The smallest absolute Gasteiger partial charge is 0.338 e. The number of hydrogen-bond donors (Lipinski definition) is 1. The van der Waals surface area contributed by atoms with Crippen LogP contribution >= 0.6 is 0 Å². The number of hydrogen-bond acceptors (Lipinski definition) is 5. The summed E-state index contributed by atoms with van der Waals surface area (Å²) in [5, 5.41) is 3.29. The Morgan fingerprint density at radius 3 is 2.61 bits per heavy atom. The summed E-state index contributed by atoms with van der Waals surface area (Å²) in [6.07, 6.45) is 1.01. The average molecular weight is 420 g/mol. The zero-order chi connectivity index (χ0) is 22.0. The van der Waals surface area contributed by atoms with Gasteiger partial charge in [-0.1, -0.05) is 38.1 Å². The minimum Gasteiger partial charge on any atom is -0.494 e. The van der Waals surface area contributed by atoms with Crippen LogP contribution in [0.2, 0.25) is 0 Å². The number of allylic oxidation sites excluding steroid dienone is 1. The molecule has 1 atom stereocenters. The Hall–Kier alpha value is -3.28. The van der Waals surface area contributed by atoms with Gasteiger partial charge in [-0.3, -0.25) is 4.57 Å². The highest BCUT2D eigenvalue weighted by molar-refractivity contribution is 5.94. The molecular weight excluding hydrogens is 390 g/mol. The van der Waals surface area contributed by atoms with Gasteiger partial charge in [-0.15, -0.1) is 0 Å². The lowest BCUT2D eigenvalue weighted by Crippen LogP contribution is -2.29. The number of para-hydroxylation sites is 2. The number of benzene rings is 2. The van der Waals surface area contributed by atoms with Gasteiger partial charge in [-0.05, 0) is 56.0 Å². The van der Waals surface area contributed by atoms with E-state index in [0.717, 1.165) is 34.5 Å². The largest absolute Gasteiger partial charge is 0.494 e. The van der Waals surface area contributed by atoms with Crippen molar-refractivity contribution in [3.05, 3.63) is 65.4 Å². The molecule has 0 unspecified atom stereocenters. The van der Waals surface area contributed by atoms with Crippen LogP contribution in [0, 0.1) is 5.92 Å². The molecule has 2 heterocycles. The highest BCUT2D eigenvalue weighted by Crippen LogP contribution is 2.39. The van der Waals surface area contributed by atoms with Gasteiger partial charge in [0.1, 0.15) is 5.75 Å². The lowest BCUT2D eigenvalue weighted by Gasteiger charge is -2.30. The van der Waals surface area contributed by atoms with Gasteiger partial charge in [-0.2, -0.15) is 0 Å². The van der Waals surface area contributed by atoms with Gasteiger partial charge in [0.25, 0.3) is 0 Å². The maximum atomic E-state index is 13.0. The van der Waals surface area contributed by atoms with E-state index in [1.165, 1.54) is 0 Å². The minimum absolute atomic E-state index is 0.321. The van der Waals surface area contributed by atoms with Gasteiger partial charge in [0.15, 0.2) is 0 Å². The van der Waals surface area contributed by atoms with E-state index in [9.17, 15) is 4.79 Å². The van der Waals surface area contributed by atoms with E-state index in [-0.39, 0.29) is 12.0 Å². The van der Waals surface area contributed by atoms with E-state index in [4.69, 9.17) is 14.5 Å². The third-order valence-electron chi connectivity index (χ3n) is 5.49. The minimum atomic E-state index is -0.340. The van der Waals surface area contributed by atoms with Crippen LogP contribution in [0.1, 0.15) is 45.7 Å². The van der Waals surface area contributed by atoms with E-state index < -0.39 is 0 Å². The number of carbonyl (C=O) groups is 1. The molecule has 162 valence electrons. The Morgan fingerprint density at radius 2 is 1.90 bits per heavy atom. The molecule has 1 aliphatic heterocycles. The zero-order valence-corrected chi connectivity index (χ0v) is 18.5. The first-order valence-electron chi connectivity index (χ1n) is 10.8. The second-order valence-corrected chi connectivity index (χ2v) is 8.18. The van der Waals surface area contributed by atoms with Crippen molar-refractivity contribution < 1.29 is 14.3 Å². The van der Waals surface area contributed by atoms with E-state index in [1.54, 1.807) is 0 Å². The molecule has 0 bridgehead atoms. The summed E-state index contributed by atoms with van der Waals surface area (Å²) in [4.78, 5) is 17.7. The van der Waals surface area contributed by atoms with Crippen LogP contribution in [0.15, 0.2) is 59.8 Å². The van der Waals surface area contributed by atoms with E-state index >= 15 is 0 Å². The number of nitrogens with zero attached hydrogens (tertiary/aromatic N) is 2. The first-order valence-corrected chi connectivity index (χ1v) is 10.8. The Kier molecular flexibility index (Phi) is 5.98. The van der Waals surface area contributed by atoms with Crippen LogP contribution in [0.3, 0.4) is 0 Å².